The molecule has 7 heteroatoms. The standard InChI is InChI=1S/C17H17FN4O2/c1-21-14-9-22(8-11-4-6-19-7-13(11)18)10-15(14)24-16-12(17(21)23)3-2-5-20-16/h2-7,14-15H,8-10H2,1H3. The van der Waals surface area contributed by atoms with E-state index in [2.05, 4.69) is 14.9 Å². The SMILES string of the molecule is CN1C(=O)c2cccnc2OC2CN(Cc3ccncc3F)CC21. The highest BCUT2D eigenvalue weighted by Gasteiger charge is 2.42. The second-order valence-electron chi connectivity index (χ2n) is 6.16. The number of likely N-dealkylation sites (N-methyl/N-ethyl adjacent to an activating group) is 1. The molecule has 2 aromatic rings. The topological polar surface area (TPSA) is 58.6 Å². The van der Waals surface area contributed by atoms with Gasteiger partial charge in [-0.2, -0.15) is 0 Å². The molecule has 0 saturated carbocycles. The number of aromatic nitrogens is 2. The minimum absolute atomic E-state index is 0.0865. The molecule has 6 nitrogen and oxygen atoms in total. The van der Waals surface area contributed by atoms with Crippen LogP contribution in [0.2, 0.25) is 0 Å². The summed E-state index contributed by atoms with van der Waals surface area (Å²) in [5, 5.41) is 0. The van der Waals surface area contributed by atoms with E-state index in [1.165, 1.54) is 6.20 Å². The van der Waals surface area contributed by atoms with Crippen LogP contribution < -0.4 is 4.74 Å². The van der Waals surface area contributed by atoms with Crippen LogP contribution in [0, 0.1) is 5.82 Å². The number of ether oxygens (including phenoxy) is 1. The molecule has 1 fully saturated rings. The molecule has 2 aliphatic heterocycles. The van der Waals surface area contributed by atoms with Crippen molar-refractivity contribution in [2.24, 2.45) is 0 Å². The zero-order valence-electron chi connectivity index (χ0n) is 13.2. The molecule has 1 saturated heterocycles. The summed E-state index contributed by atoms with van der Waals surface area (Å²) in [4.78, 5) is 24.4. The van der Waals surface area contributed by atoms with E-state index in [4.69, 9.17) is 4.74 Å². The van der Waals surface area contributed by atoms with Gasteiger partial charge < -0.3 is 9.64 Å². The van der Waals surface area contributed by atoms with E-state index in [-0.39, 0.29) is 23.9 Å². The molecule has 4 rings (SSSR count). The Hall–Kier alpha value is -2.54. The van der Waals surface area contributed by atoms with Crippen LogP contribution in [0.15, 0.2) is 36.8 Å². The number of pyridine rings is 2. The van der Waals surface area contributed by atoms with Crippen molar-refractivity contribution in [3.05, 3.63) is 53.7 Å². The average molecular weight is 328 g/mol. The second kappa shape index (κ2) is 5.83. The summed E-state index contributed by atoms with van der Waals surface area (Å²) in [6.07, 6.45) is 4.24. The van der Waals surface area contributed by atoms with E-state index < -0.39 is 0 Å². The number of likely N-dealkylation sites (tertiary alicyclic amines) is 1. The lowest BCUT2D eigenvalue weighted by Gasteiger charge is -2.25. The third-order valence-corrected chi connectivity index (χ3v) is 4.65. The summed E-state index contributed by atoms with van der Waals surface area (Å²) in [7, 11) is 1.78. The Morgan fingerprint density at radius 2 is 2.21 bits per heavy atom. The molecule has 0 spiro atoms. The van der Waals surface area contributed by atoms with Gasteiger partial charge in [0.2, 0.25) is 5.88 Å². The fourth-order valence-electron chi connectivity index (χ4n) is 3.35. The van der Waals surface area contributed by atoms with Crippen LogP contribution in [0.4, 0.5) is 4.39 Å². The number of carbonyl (C=O) groups excluding carboxylic acids is 1. The van der Waals surface area contributed by atoms with Gasteiger partial charge in [-0.25, -0.2) is 9.37 Å². The smallest absolute Gasteiger partial charge is 0.259 e. The molecule has 0 bridgehead atoms. The minimum Gasteiger partial charge on any atom is -0.470 e. The van der Waals surface area contributed by atoms with Crippen molar-refractivity contribution in [2.45, 2.75) is 18.7 Å². The van der Waals surface area contributed by atoms with E-state index in [0.717, 1.165) is 0 Å². The van der Waals surface area contributed by atoms with Gasteiger partial charge >= 0.3 is 0 Å². The van der Waals surface area contributed by atoms with Crippen LogP contribution in [0.1, 0.15) is 15.9 Å². The van der Waals surface area contributed by atoms with E-state index in [0.29, 0.717) is 36.6 Å². The minimum atomic E-state index is -0.318. The molecule has 0 N–H and O–H groups in total. The van der Waals surface area contributed by atoms with Gasteiger partial charge in [0.15, 0.2) is 0 Å². The molecule has 0 aromatic carbocycles. The average Bonchev–Trinajstić information content (AvgIpc) is 2.94. The van der Waals surface area contributed by atoms with Gasteiger partial charge in [-0.15, -0.1) is 0 Å². The zero-order valence-corrected chi connectivity index (χ0v) is 13.2. The Morgan fingerprint density at radius 1 is 1.33 bits per heavy atom. The molecule has 0 radical (unpaired) electrons. The molecule has 2 aromatic heterocycles. The van der Waals surface area contributed by atoms with Crippen molar-refractivity contribution in [3.63, 3.8) is 0 Å². The van der Waals surface area contributed by atoms with Crippen molar-refractivity contribution in [1.29, 1.82) is 0 Å². The van der Waals surface area contributed by atoms with Crippen LogP contribution >= 0.6 is 0 Å². The maximum Gasteiger partial charge on any atom is 0.259 e. The molecule has 2 atom stereocenters. The molecule has 24 heavy (non-hydrogen) atoms. The number of rotatable bonds is 2. The molecule has 2 unspecified atom stereocenters. The number of nitrogens with zero attached hydrogens (tertiary/aromatic N) is 4. The Labute approximate surface area is 138 Å². The normalized spacial score (nSPS) is 23.4. The van der Waals surface area contributed by atoms with Crippen molar-refractivity contribution in [1.82, 2.24) is 19.8 Å². The highest BCUT2D eigenvalue weighted by Crippen LogP contribution is 2.29. The van der Waals surface area contributed by atoms with E-state index in [9.17, 15) is 9.18 Å². The van der Waals surface area contributed by atoms with Gasteiger partial charge in [0.1, 0.15) is 17.5 Å². The summed E-state index contributed by atoms with van der Waals surface area (Å²) in [5.74, 6) is -0.0386. The predicted molar refractivity (Wildman–Crippen MR) is 84.0 cm³/mol. The molecular weight excluding hydrogens is 311 g/mol. The highest BCUT2D eigenvalue weighted by molar-refractivity contribution is 5.96. The molecular formula is C17H17FN4O2. The first-order chi connectivity index (χ1) is 11.6. The van der Waals surface area contributed by atoms with E-state index in [1.807, 2.05) is 0 Å². The maximum atomic E-state index is 13.8. The monoisotopic (exact) mass is 328 g/mol. The van der Waals surface area contributed by atoms with Gasteiger partial charge in [0, 0.05) is 44.6 Å². The number of carbonyl (C=O) groups is 1. The lowest BCUT2D eigenvalue weighted by atomic mass is 10.2. The molecule has 4 heterocycles. The third-order valence-electron chi connectivity index (χ3n) is 4.65. The molecule has 1 amide bonds. The van der Waals surface area contributed by atoms with Crippen molar-refractivity contribution >= 4 is 5.91 Å². The van der Waals surface area contributed by atoms with Crippen LogP contribution in [-0.4, -0.2) is 58.0 Å². The lowest BCUT2D eigenvalue weighted by molar-refractivity contribution is 0.0680. The van der Waals surface area contributed by atoms with Crippen molar-refractivity contribution in [3.8, 4) is 5.88 Å². The first-order valence-corrected chi connectivity index (χ1v) is 7.83. The summed E-state index contributed by atoms with van der Waals surface area (Å²) < 4.78 is 19.8. The largest absolute Gasteiger partial charge is 0.470 e. The number of halogens is 1. The number of amides is 1. The number of hydrogen-bond donors (Lipinski definition) is 0. The van der Waals surface area contributed by atoms with Crippen molar-refractivity contribution < 1.29 is 13.9 Å². The Kier molecular flexibility index (Phi) is 3.65. The van der Waals surface area contributed by atoms with Crippen LogP contribution in [0.3, 0.4) is 0 Å². The van der Waals surface area contributed by atoms with E-state index in [1.54, 1.807) is 42.5 Å². The number of hydrogen-bond acceptors (Lipinski definition) is 5. The highest BCUT2D eigenvalue weighted by atomic mass is 19.1. The Bertz CT molecular complexity index is 785. The summed E-state index contributed by atoms with van der Waals surface area (Å²) in [5.41, 5.74) is 1.08. The van der Waals surface area contributed by atoms with Crippen LogP contribution in [-0.2, 0) is 6.54 Å². The molecule has 0 aliphatic carbocycles. The maximum absolute atomic E-state index is 13.8. The van der Waals surface area contributed by atoms with Crippen molar-refractivity contribution in [2.75, 3.05) is 20.1 Å². The van der Waals surface area contributed by atoms with E-state index >= 15 is 0 Å². The first kappa shape index (κ1) is 15.0. The van der Waals surface area contributed by atoms with Crippen LogP contribution in [0.25, 0.3) is 0 Å². The summed E-state index contributed by atoms with van der Waals surface area (Å²) in [6, 6.07) is 5.05. The zero-order chi connectivity index (χ0) is 16.7. The lowest BCUT2D eigenvalue weighted by Crippen LogP contribution is -2.44. The van der Waals surface area contributed by atoms with Gasteiger partial charge in [0.05, 0.1) is 12.2 Å². The second-order valence-corrected chi connectivity index (χ2v) is 6.16. The predicted octanol–water partition coefficient (Wildman–Crippen LogP) is 1.33. The fraction of sp³-hybridized carbons (Fsp3) is 0.353. The Morgan fingerprint density at radius 3 is 3.04 bits per heavy atom. The third kappa shape index (κ3) is 2.50. The molecule has 124 valence electrons. The Balaban J connectivity index is 1.57. The van der Waals surface area contributed by atoms with Gasteiger partial charge in [-0.3, -0.25) is 14.7 Å². The summed E-state index contributed by atoms with van der Waals surface area (Å²) in [6.45, 7) is 1.70. The fourth-order valence-corrected chi connectivity index (χ4v) is 3.35. The van der Waals surface area contributed by atoms with Gasteiger partial charge in [-0.1, -0.05) is 0 Å². The molecule has 2 aliphatic rings. The quantitative estimate of drug-likeness (QED) is 0.832. The van der Waals surface area contributed by atoms with Crippen LogP contribution in [0.5, 0.6) is 5.88 Å². The van der Waals surface area contributed by atoms with Gasteiger partial charge in [-0.05, 0) is 18.2 Å². The van der Waals surface area contributed by atoms with Gasteiger partial charge in [0.25, 0.3) is 5.91 Å². The summed E-state index contributed by atoms with van der Waals surface area (Å²) >= 11 is 0. The number of fused-ring (bicyclic) bond motifs is 2. The first-order valence-electron chi connectivity index (χ1n) is 7.83.